The fraction of sp³-hybridized carbons (Fsp3) is 0.333. The summed E-state index contributed by atoms with van der Waals surface area (Å²) in [5, 5.41) is 4.52. The molecule has 0 saturated carbocycles. The lowest BCUT2D eigenvalue weighted by molar-refractivity contribution is 0.295. The van der Waals surface area contributed by atoms with Crippen molar-refractivity contribution in [2.45, 2.75) is 19.5 Å². The van der Waals surface area contributed by atoms with Crippen molar-refractivity contribution in [3.8, 4) is 0 Å². The van der Waals surface area contributed by atoms with Crippen LogP contribution in [-0.2, 0) is 13.1 Å². The molecule has 2 aromatic rings. The van der Waals surface area contributed by atoms with Gasteiger partial charge in [-0.2, -0.15) is 5.10 Å². The molecule has 0 spiro atoms. The quantitative estimate of drug-likeness (QED) is 0.675. The minimum absolute atomic E-state index is 0.546. The Morgan fingerprint density at radius 1 is 1.20 bits per heavy atom. The maximum absolute atomic E-state index is 5.90. The molecule has 104 valence electrons. The molecule has 3 rings (SSSR count). The molecule has 0 bridgehead atoms. The van der Waals surface area contributed by atoms with Crippen LogP contribution < -0.4 is 5.73 Å². The van der Waals surface area contributed by atoms with Gasteiger partial charge in [-0.25, -0.2) is 4.99 Å². The lowest BCUT2D eigenvalue weighted by Crippen LogP contribution is -2.46. The van der Waals surface area contributed by atoms with Gasteiger partial charge in [-0.05, 0) is 18.1 Å². The summed E-state index contributed by atoms with van der Waals surface area (Å²) in [6.07, 6.45) is 3.19. The molecule has 1 aliphatic rings. The SMILES string of the molecule is NC(=NCc1ccn(Cc2ccccc2)n1)N1CCC1. The number of hydrogen-bond donors (Lipinski definition) is 1. The maximum atomic E-state index is 5.90. The fourth-order valence-electron chi connectivity index (χ4n) is 2.15. The van der Waals surface area contributed by atoms with E-state index >= 15 is 0 Å². The number of likely N-dealkylation sites (tertiary alicyclic amines) is 1. The number of benzene rings is 1. The van der Waals surface area contributed by atoms with Gasteiger partial charge < -0.3 is 10.6 Å². The molecule has 1 fully saturated rings. The van der Waals surface area contributed by atoms with Crippen LogP contribution in [0, 0.1) is 0 Å². The summed E-state index contributed by atoms with van der Waals surface area (Å²) in [5.41, 5.74) is 8.09. The van der Waals surface area contributed by atoms with Crippen LogP contribution in [0.5, 0.6) is 0 Å². The van der Waals surface area contributed by atoms with Gasteiger partial charge in [-0.15, -0.1) is 0 Å². The first-order valence-corrected chi connectivity index (χ1v) is 6.92. The molecule has 2 heterocycles. The van der Waals surface area contributed by atoms with Gasteiger partial charge in [0.2, 0.25) is 0 Å². The van der Waals surface area contributed by atoms with Crippen molar-refractivity contribution in [1.82, 2.24) is 14.7 Å². The van der Waals surface area contributed by atoms with E-state index in [1.165, 1.54) is 12.0 Å². The van der Waals surface area contributed by atoms with Gasteiger partial charge >= 0.3 is 0 Å². The molecule has 0 radical (unpaired) electrons. The lowest BCUT2D eigenvalue weighted by atomic mass is 10.2. The number of aromatic nitrogens is 2. The van der Waals surface area contributed by atoms with Crippen molar-refractivity contribution < 1.29 is 0 Å². The Labute approximate surface area is 118 Å². The predicted molar refractivity (Wildman–Crippen MR) is 79.3 cm³/mol. The highest BCUT2D eigenvalue weighted by Crippen LogP contribution is 2.07. The number of nitrogens with two attached hydrogens (primary N) is 1. The first kappa shape index (κ1) is 12.7. The first-order valence-electron chi connectivity index (χ1n) is 6.92. The number of nitrogens with zero attached hydrogens (tertiary/aromatic N) is 4. The van der Waals surface area contributed by atoms with Crippen LogP contribution in [0.1, 0.15) is 17.7 Å². The van der Waals surface area contributed by atoms with Crippen molar-refractivity contribution in [3.63, 3.8) is 0 Å². The Hall–Kier alpha value is -2.30. The van der Waals surface area contributed by atoms with Crippen molar-refractivity contribution in [2.75, 3.05) is 13.1 Å². The molecule has 5 nitrogen and oxygen atoms in total. The standard InChI is InChI=1S/C15H19N5/c16-15(19-8-4-9-19)17-11-14-7-10-20(18-14)12-13-5-2-1-3-6-13/h1-3,5-7,10H,4,8-9,11-12H2,(H2,16,17). The highest BCUT2D eigenvalue weighted by Gasteiger charge is 2.15. The van der Waals surface area contributed by atoms with E-state index in [-0.39, 0.29) is 0 Å². The zero-order chi connectivity index (χ0) is 13.8. The molecule has 1 aromatic carbocycles. The Morgan fingerprint density at radius 3 is 2.70 bits per heavy atom. The van der Waals surface area contributed by atoms with Gasteiger partial charge in [-0.3, -0.25) is 4.68 Å². The molecule has 1 aromatic heterocycles. The Morgan fingerprint density at radius 2 is 2.00 bits per heavy atom. The largest absolute Gasteiger partial charge is 0.370 e. The van der Waals surface area contributed by atoms with Crippen LogP contribution in [0.2, 0.25) is 0 Å². The highest BCUT2D eigenvalue weighted by atomic mass is 15.3. The van der Waals surface area contributed by atoms with Gasteiger partial charge in [0.1, 0.15) is 0 Å². The van der Waals surface area contributed by atoms with Gasteiger partial charge in [0, 0.05) is 19.3 Å². The summed E-state index contributed by atoms with van der Waals surface area (Å²) in [5.74, 6) is 0.633. The Balaban J connectivity index is 1.59. The van der Waals surface area contributed by atoms with Crippen LogP contribution in [0.15, 0.2) is 47.6 Å². The van der Waals surface area contributed by atoms with Crippen LogP contribution in [0.4, 0.5) is 0 Å². The molecule has 5 heteroatoms. The van der Waals surface area contributed by atoms with Crippen molar-refractivity contribution in [3.05, 3.63) is 53.9 Å². The lowest BCUT2D eigenvalue weighted by Gasteiger charge is -2.31. The van der Waals surface area contributed by atoms with Crippen LogP contribution >= 0.6 is 0 Å². The number of aliphatic imine (C=N–C) groups is 1. The monoisotopic (exact) mass is 269 g/mol. The summed E-state index contributed by atoms with van der Waals surface area (Å²) in [7, 11) is 0. The average Bonchev–Trinajstić information content (AvgIpc) is 2.83. The predicted octanol–water partition coefficient (Wildman–Crippen LogP) is 1.45. The third kappa shape index (κ3) is 2.99. The fourth-order valence-corrected chi connectivity index (χ4v) is 2.15. The van der Waals surface area contributed by atoms with E-state index in [1.807, 2.05) is 35.1 Å². The number of hydrogen-bond acceptors (Lipinski definition) is 2. The van der Waals surface area contributed by atoms with E-state index < -0.39 is 0 Å². The van der Waals surface area contributed by atoms with Crippen molar-refractivity contribution in [2.24, 2.45) is 10.7 Å². The first-order chi connectivity index (χ1) is 9.81. The van der Waals surface area contributed by atoms with E-state index in [2.05, 4.69) is 27.1 Å². The molecular formula is C15H19N5. The van der Waals surface area contributed by atoms with E-state index in [0.717, 1.165) is 25.3 Å². The minimum atomic E-state index is 0.546. The number of rotatable bonds is 4. The van der Waals surface area contributed by atoms with Crippen LogP contribution in [-0.4, -0.2) is 33.7 Å². The smallest absolute Gasteiger partial charge is 0.191 e. The number of guanidine groups is 1. The van der Waals surface area contributed by atoms with Crippen molar-refractivity contribution in [1.29, 1.82) is 0 Å². The minimum Gasteiger partial charge on any atom is -0.370 e. The second-order valence-electron chi connectivity index (χ2n) is 5.01. The second-order valence-corrected chi connectivity index (χ2v) is 5.01. The van der Waals surface area contributed by atoms with Crippen LogP contribution in [0.25, 0.3) is 0 Å². The van der Waals surface area contributed by atoms with Gasteiger partial charge in [0.15, 0.2) is 5.96 Å². The third-order valence-electron chi connectivity index (χ3n) is 3.47. The van der Waals surface area contributed by atoms with Crippen LogP contribution in [0.3, 0.4) is 0 Å². The summed E-state index contributed by atoms with van der Waals surface area (Å²) in [6, 6.07) is 12.3. The molecule has 0 atom stereocenters. The summed E-state index contributed by atoms with van der Waals surface area (Å²) in [6.45, 7) is 3.38. The molecule has 20 heavy (non-hydrogen) atoms. The Kier molecular flexibility index (Phi) is 3.67. The zero-order valence-electron chi connectivity index (χ0n) is 11.4. The summed E-state index contributed by atoms with van der Waals surface area (Å²) < 4.78 is 1.93. The highest BCUT2D eigenvalue weighted by molar-refractivity contribution is 5.78. The van der Waals surface area contributed by atoms with Gasteiger partial charge in [0.05, 0.1) is 18.8 Å². The molecule has 2 N–H and O–H groups in total. The normalized spacial score (nSPS) is 15.2. The molecule has 0 amide bonds. The third-order valence-corrected chi connectivity index (χ3v) is 3.47. The molecule has 1 aliphatic heterocycles. The van der Waals surface area contributed by atoms with E-state index in [0.29, 0.717) is 12.5 Å². The average molecular weight is 269 g/mol. The van der Waals surface area contributed by atoms with Gasteiger partial charge in [-0.1, -0.05) is 30.3 Å². The van der Waals surface area contributed by atoms with Gasteiger partial charge in [0.25, 0.3) is 0 Å². The second kappa shape index (κ2) is 5.77. The molecule has 0 aliphatic carbocycles. The maximum Gasteiger partial charge on any atom is 0.191 e. The zero-order valence-corrected chi connectivity index (χ0v) is 11.4. The molecule has 1 saturated heterocycles. The molecular weight excluding hydrogens is 250 g/mol. The van der Waals surface area contributed by atoms with E-state index in [1.54, 1.807) is 0 Å². The Bertz CT molecular complexity index is 583. The van der Waals surface area contributed by atoms with Crippen molar-refractivity contribution >= 4 is 5.96 Å². The summed E-state index contributed by atoms with van der Waals surface area (Å²) in [4.78, 5) is 6.47. The topological polar surface area (TPSA) is 59.4 Å². The molecule has 0 unspecified atom stereocenters. The van der Waals surface area contributed by atoms with E-state index in [9.17, 15) is 0 Å². The van der Waals surface area contributed by atoms with E-state index in [4.69, 9.17) is 5.73 Å². The summed E-state index contributed by atoms with van der Waals surface area (Å²) >= 11 is 0.